The quantitative estimate of drug-likeness (QED) is 0.418. The molecule has 4 heteroatoms. The molecular weight excluding hydrogens is 292 g/mol. The highest BCUT2D eigenvalue weighted by Gasteiger charge is 2.32. The molecule has 23 heavy (non-hydrogen) atoms. The van der Waals surface area contributed by atoms with Crippen LogP contribution < -0.4 is 0 Å². The van der Waals surface area contributed by atoms with Gasteiger partial charge in [0.1, 0.15) is 5.78 Å². The van der Waals surface area contributed by atoms with Crippen molar-refractivity contribution in [1.29, 1.82) is 0 Å². The summed E-state index contributed by atoms with van der Waals surface area (Å²) in [5, 5.41) is 18.6. The summed E-state index contributed by atoms with van der Waals surface area (Å²) in [5.41, 5.74) is 0. The van der Waals surface area contributed by atoms with E-state index in [1.807, 2.05) is 12.2 Å². The molecule has 0 heterocycles. The van der Waals surface area contributed by atoms with Gasteiger partial charge in [-0.25, -0.2) is 0 Å². The molecule has 0 aromatic rings. The average Bonchev–Trinajstić information content (AvgIpc) is 2.85. The molecule has 0 spiro atoms. The fraction of sp³-hybridized carbons (Fsp3) is 0.789. The highest BCUT2D eigenvalue weighted by Crippen LogP contribution is 2.34. The molecule has 0 aromatic heterocycles. The van der Waals surface area contributed by atoms with Gasteiger partial charge in [-0.2, -0.15) is 0 Å². The van der Waals surface area contributed by atoms with Crippen LogP contribution in [0.3, 0.4) is 0 Å². The number of aliphatic hydroxyl groups excluding tert-OH is 1. The normalized spacial score (nSPS) is 22.8. The topological polar surface area (TPSA) is 74.6 Å². The van der Waals surface area contributed by atoms with Crippen LogP contribution >= 0.6 is 0 Å². The van der Waals surface area contributed by atoms with E-state index in [1.54, 1.807) is 0 Å². The van der Waals surface area contributed by atoms with Crippen LogP contribution in [0.5, 0.6) is 0 Å². The molecule has 0 amide bonds. The molecule has 1 rings (SSSR count). The summed E-state index contributed by atoms with van der Waals surface area (Å²) in [6, 6.07) is 0. The molecule has 3 atom stereocenters. The molecule has 1 aliphatic carbocycles. The van der Waals surface area contributed by atoms with E-state index in [1.165, 1.54) is 0 Å². The molecule has 2 N–H and O–H groups in total. The average molecular weight is 324 g/mol. The summed E-state index contributed by atoms with van der Waals surface area (Å²) in [6.45, 7) is 2.15. The zero-order valence-electron chi connectivity index (χ0n) is 14.4. The Morgan fingerprint density at radius 2 is 2.04 bits per heavy atom. The number of ketones is 1. The number of carbonyl (C=O) groups is 2. The minimum Gasteiger partial charge on any atom is -0.481 e. The molecule has 1 saturated carbocycles. The third kappa shape index (κ3) is 8.31. The SMILES string of the molecule is CCCCCC(O)/C=C/C1CCC(=O)C1CCCCCC(=O)O. The number of rotatable bonds is 12. The van der Waals surface area contributed by atoms with Gasteiger partial charge in [0.2, 0.25) is 0 Å². The second-order valence-corrected chi connectivity index (χ2v) is 6.72. The van der Waals surface area contributed by atoms with Gasteiger partial charge in [0, 0.05) is 18.8 Å². The Labute approximate surface area is 140 Å². The number of carbonyl (C=O) groups excluding carboxylic acids is 1. The lowest BCUT2D eigenvalue weighted by Crippen LogP contribution is -2.14. The van der Waals surface area contributed by atoms with Crippen molar-refractivity contribution < 1.29 is 19.8 Å². The van der Waals surface area contributed by atoms with E-state index in [-0.39, 0.29) is 18.3 Å². The van der Waals surface area contributed by atoms with Crippen molar-refractivity contribution in [3.05, 3.63) is 12.2 Å². The van der Waals surface area contributed by atoms with E-state index < -0.39 is 12.1 Å². The molecular formula is C19H32O4. The van der Waals surface area contributed by atoms with E-state index in [0.29, 0.717) is 18.6 Å². The number of unbranched alkanes of at least 4 members (excludes halogenated alkanes) is 4. The van der Waals surface area contributed by atoms with E-state index in [0.717, 1.165) is 51.4 Å². The van der Waals surface area contributed by atoms with Crippen molar-refractivity contribution in [2.45, 2.75) is 83.7 Å². The van der Waals surface area contributed by atoms with Crippen LogP contribution in [0.1, 0.15) is 77.6 Å². The van der Waals surface area contributed by atoms with E-state index in [2.05, 4.69) is 6.92 Å². The highest BCUT2D eigenvalue weighted by atomic mass is 16.4. The molecule has 0 bridgehead atoms. The Balaban J connectivity index is 2.32. The van der Waals surface area contributed by atoms with Gasteiger partial charge >= 0.3 is 5.97 Å². The summed E-state index contributed by atoms with van der Waals surface area (Å²) in [7, 11) is 0. The highest BCUT2D eigenvalue weighted by molar-refractivity contribution is 5.83. The van der Waals surface area contributed by atoms with Crippen molar-refractivity contribution in [2.75, 3.05) is 0 Å². The van der Waals surface area contributed by atoms with Gasteiger partial charge in [0.15, 0.2) is 0 Å². The summed E-state index contributed by atoms with van der Waals surface area (Å²) < 4.78 is 0. The Morgan fingerprint density at radius 1 is 1.26 bits per heavy atom. The largest absolute Gasteiger partial charge is 0.481 e. The summed E-state index contributed by atoms with van der Waals surface area (Å²) in [5.74, 6) is -0.0973. The molecule has 0 radical (unpaired) electrons. The van der Waals surface area contributed by atoms with Crippen molar-refractivity contribution in [1.82, 2.24) is 0 Å². The summed E-state index contributed by atoms with van der Waals surface area (Å²) >= 11 is 0. The summed E-state index contributed by atoms with van der Waals surface area (Å²) in [4.78, 5) is 22.5. The first-order valence-corrected chi connectivity index (χ1v) is 9.15. The summed E-state index contributed by atoms with van der Waals surface area (Å²) in [6.07, 6.45) is 12.7. The smallest absolute Gasteiger partial charge is 0.303 e. The Kier molecular flexibility index (Phi) is 9.85. The third-order valence-electron chi connectivity index (χ3n) is 4.74. The first-order chi connectivity index (χ1) is 11.0. The second kappa shape index (κ2) is 11.4. The zero-order chi connectivity index (χ0) is 17.1. The van der Waals surface area contributed by atoms with Gasteiger partial charge in [-0.3, -0.25) is 9.59 Å². The molecule has 3 unspecified atom stereocenters. The first kappa shape index (κ1) is 19.9. The molecule has 0 aliphatic heterocycles. The van der Waals surface area contributed by atoms with Gasteiger partial charge in [0.25, 0.3) is 0 Å². The van der Waals surface area contributed by atoms with Crippen LogP contribution in [0.2, 0.25) is 0 Å². The van der Waals surface area contributed by atoms with Crippen LogP contribution in [0.4, 0.5) is 0 Å². The van der Waals surface area contributed by atoms with Gasteiger partial charge in [0.05, 0.1) is 6.10 Å². The van der Waals surface area contributed by atoms with E-state index >= 15 is 0 Å². The van der Waals surface area contributed by atoms with E-state index in [4.69, 9.17) is 5.11 Å². The Hall–Kier alpha value is -1.16. The monoisotopic (exact) mass is 324 g/mol. The maximum Gasteiger partial charge on any atom is 0.303 e. The number of aliphatic carboxylic acids is 1. The van der Waals surface area contributed by atoms with Crippen molar-refractivity contribution in [2.24, 2.45) is 11.8 Å². The number of allylic oxidation sites excluding steroid dienone is 1. The van der Waals surface area contributed by atoms with Gasteiger partial charge in [-0.05, 0) is 31.6 Å². The third-order valence-corrected chi connectivity index (χ3v) is 4.74. The maximum absolute atomic E-state index is 12.0. The molecule has 1 fully saturated rings. The second-order valence-electron chi connectivity index (χ2n) is 6.72. The van der Waals surface area contributed by atoms with E-state index in [9.17, 15) is 14.7 Å². The molecule has 1 aliphatic rings. The minimum atomic E-state index is -0.750. The van der Waals surface area contributed by atoms with Crippen LogP contribution in [0.15, 0.2) is 12.2 Å². The minimum absolute atomic E-state index is 0.0684. The first-order valence-electron chi connectivity index (χ1n) is 9.15. The number of aliphatic hydroxyl groups is 1. The number of hydrogen-bond donors (Lipinski definition) is 2. The lowest BCUT2D eigenvalue weighted by molar-refractivity contribution is -0.137. The predicted molar refractivity (Wildman–Crippen MR) is 91.2 cm³/mol. The fourth-order valence-corrected chi connectivity index (χ4v) is 3.33. The van der Waals surface area contributed by atoms with Crippen LogP contribution in [-0.4, -0.2) is 28.1 Å². The van der Waals surface area contributed by atoms with Crippen LogP contribution in [0, 0.1) is 11.8 Å². The number of Topliss-reactive ketones (excluding diaryl/α,β-unsaturated/α-hetero) is 1. The fourth-order valence-electron chi connectivity index (χ4n) is 3.33. The van der Waals surface area contributed by atoms with Gasteiger partial charge < -0.3 is 10.2 Å². The molecule has 132 valence electrons. The Morgan fingerprint density at radius 3 is 2.74 bits per heavy atom. The van der Waals surface area contributed by atoms with Crippen LogP contribution in [0.25, 0.3) is 0 Å². The number of carboxylic acids is 1. The van der Waals surface area contributed by atoms with Gasteiger partial charge in [-0.15, -0.1) is 0 Å². The molecule has 0 saturated heterocycles. The van der Waals surface area contributed by atoms with Gasteiger partial charge in [-0.1, -0.05) is 51.2 Å². The standard InChI is InChI=1S/C19H32O4/c1-2-3-5-8-16(20)13-11-15-12-14-18(21)17(15)9-6-4-7-10-19(22)23/h11,13,15-17,20H,2-10,12,14H2,1H3,(H,22,23)/b13-11+. The predicted octanol–water partition coefficient (Wildman–Crippen LogP) is 4.11. The van der Waals surface area contributed by atoms with Crippen LogP contribution in [-0.2, 0) is 9.59 Å². The Bertz CT molecular complexity index is 389. The van der Waals surface area contributed by atoms with Crippen molar-refractivity contribution in [3.63, 3.8) is 0 Å². The van der Waals surface area contributed by atoms with Crippen molar-refractivity contribution >= 4 is 11.8 Å². The zero-order valence-corrected chi connectivity index (χ0v) is 14.4. The number of carboxylic acid groups (broad SMARTS) is 1. The maximum atomic E-state index is 12.0. The van der Waals surface area contributed by atoms with Crippen molar-refractivity contribution in [3.8, 4) is 0 Å². The molecule has 0 aromatic carbocycles. The lowest BCUT2D eigenvalue weighted by atomic mass is 9.89. The molecule has 4 nitrogen and oxygen atoms in total. The lowest BCUT2D eigenvalue weighted by Gasteiger charge is -2.15. The number of hydrogen-bond acceptors (Lipinski definition) is 3.